The number of ether oxygens (including phenoxy) is 6. The SMILES string of the molecule is C=C(C(=O)OCCOc1ccc(-c2ccc(COc3ccc(OCC4CCC(C5CCC(CCC)CC5)CC4)c4nc(-c5ccc([N+](=O)[O-])cc5)sc34)cc2)cc1OCCOC(=O)C(=C)C(F)(F)F)C(F)(F)F. The van der Waals surface area contributed by atoms with Crippen LogP contribution in [-0.4, -0.2) is 67.2 Å². The molecule has 2 aliphatic carbocycles. The summed E-state index contributed by atoms with van der Waals surface area (Å²) in [5.41, 5.74) is -0.0107. The van der Waals surface area contributed by atoms with E-state index in [1.807, 2.05) is 36.4 Å². The van der Waals surface area contributed by atoms with E-state index in [4.69, 9.17) is 23.9 Å². The highest BCUT2D eigenvalue weighted by Gasteiger charge is 2.39. The van der Waals surface area contributed by atoms with Gasteiger partial charge in [-0.3, -0.25) is 10.1 Å². The molecule has 0 unspecified atom stereocenters. The number of esters is 2. The first kappa shape index (κ1) is 54.2. The first-order valence-electron chi connectivity index (χ1n) is 24.2. The van der Waals surface area contributed by atoms with Crippen molar-refractivity contribution >= 4 is 39.2 Å². The van der Waals surface area contributed by atoms with Crippen LogP contribution in [0.3, 0.4) is 0 Å². The molecule has 73 heavy (non-hydrogen) atoms. The van der Waals surface area contributed by atoms with Crippen LogP contribution in [0.15, 0.2) is 103 Å². The predicted molar refractivity (Wildman–Crippen MR) is 263 cm³/mol. The van der Waals surface area contributed by atoms with Gasteiger partial charge in [-0.05, 0) is 115 Å². The average Bonchev–Trinajstić information content (AvgIpc) is 3.84. The van der Waals surface area contributed by atoms with Gasteiger partial charge in [0, 0.05) is 17.7 Å². The Morgan fingerprint density at radius 1 is 0.644 bits per heavy atom. The lowest BCUT2D eigenvalue weighted by atomic mass is 9.69. The largest absolute Gasteiger partial charge is 0.491 e. The standard InChI is InChI=1S/C54H56F6N2O10S/c1-4-5-35-6-12-38(13-7-35)39-14-8-36(9-15-39)31-71-45-24-25-46(49-48(45)61-50(73-49)41-18-21-43(22-19-41)62(65)66)72-32-37-10-16-40(17-11-37)42-20-23-44(67-26-28-69-51(63)33(2)53(55,56)57)47(30-42)68-27-29-70-52(64)34(3)54(58,59)60/h10-11,16-25,30,35-36,38-39H,2-9,12-15,26-29,31-32H2,1H3. The predicted octanol–water partition coefficient (Wildman–Crippen LogP) is 14.0. The fourth-order valence-corrected chi connectivity index (χ4v) is 10.3. The summed E-state index contributed by atoms with van der Waals surface area (Å²) >= 11 is 1.40. The van der Waals surface area contributed by atoms with Crippen molar-refractivity contribution < 1.29 is 69.3 Å². The van der Waals surface area contributed by atoms with Crippen LogP contribution in [0.4, 0.5) is 32.0 Å². The number of non-ortho nitro benzene ring substituents is 1. The number of halogens is 6. The molecule has 0 N–H and O–H groups in total. The van der Waals surface area contributed by atoms with E-state index >= 15 is 0 Å². The Bertz CT molecular complexity index is 2730. The van der Waals surface area contributed by atoms with Gasteiger partial charge in [-0.2, -0.15) is 26.3 Å². The minimum absolute atomic E-state index is 0.0261. The van der Waals surface area contributed by atoms with Crippen molar-refractivity contribution in [2.45, 2.75) is 90.1 Å². The van der Waals surface area contributed by atoms with E-state index in [-0.39, 0.29) is 23.8 Å². The van der Waals surface area contributed by atoms with Crippen molar-refractivity contribution in [3.05, 3.63) is 119 Å². The van der Waals surface area contributed by atoms with Crippen molar-refractivity contribution in [2.75, 3.05) is 33.0 Å². The van der Waals surface area contributed by atoms with Gasteiger partial charge in [-0.25, -0.2) is 14.6 Å². The fraction of sp³-hybridized carbons (Fsp3) is 0.426. The maximum absolute atomic E-state index is 12.9. The molecule has 2 aliphatic rings. The van der Waals surface area contributed by atoms with E-state index in [0.717, 1.165) is 40.9 Å². The van der Waals surface area contributed by atoms with Crippen molar-refractivity contribution in [3.8, 4) is 44.7 Å². The number of benzene rings is 4. The number of hydrogen-bond donors (Lipinski definition) is 0. The third-order valence-corrected chi connectivity index (χ3v) is 14.5. The van der Waals surface area contributed by atoms with Gasteiger partial charge < -0.3 is 28.4 Å². The van der Waals surface area contributed by atoms with Crippen LogP contribution in [0.2, 0.25) is 0 Å². The number of carbonyl (C=O) groups is 2. The second-order valence-electron chi connectivity index (χ2n) is 18.3. The molecule has 4 aromatic carbocycles. The molecule has 19 heteroatoms. The van der Waals surface area contributed by atoms with Gasteiger partial charge in [0.2, 0.25) is 0 Å². The van der Waals surface area contributed by atoms with E-state index in [2.05, 4.69) is 29.6 Å². The summed E-state index contributed by atoms with van der Waals surface area (Å²) in [6.07, 6.45) is 2.81. The summed E-state index contributed by atoms with van der Waals surface area (Å²) in [5, 5.41) is 12.0. The number of thiazole rings is 1. The van der Waals surface area contributed by atoms with Crippen LogP contribution >= 0.6 is 11.3 Å². The molecule has 1 heterocycles. The maximum atomic E-state index is 12.9. The van der Waals surface area contributed by atoms with Gasteiger partial charge in [0.05, 0.1) is 11.5 Å². The van der Waals surface area contributed by atoms with Crippen LogP contribution in [0.25, 0.3) is 31.9 Å². The Labute approximate surface area is 422 Å². The van der Waals surface area contributed by atoms with Crippen LogP contribution in [0, 0.1) is 33.8 Å². The third kappa shape index (κ3) is 14.5. The number of fused-ring (bicyclic) bond motifs is 1. The molecule has 0 saturated heterocycles. The quantitative estimate of drug-likeness (QED) is 0.0163. The summed E-state index contributed by atoms with van der Waals surface area (Å²) in [5.74, 6) is 0.865. The molecule has 7 rings (SSSR count). The molecule has 390 valence electrons. The molecule has 0 radical (unpaired) electrons. The molecule has 1 aromatic heterocycles. The van der Waals surface area contributed by atoms with Crippen LogP contribution in [-0.2, 0) is 25.7 Å². The zero-order valence-electron chi connectivity index (χ0n) is 40.2. The highest BCUT2D eigenvalue weighted by molar-refractivity contribution is 7.22. The Kier molecular flexibility index (Phi) is 18.1. The topological polar surface area (TPSA) is 146 Å². The lowest BCUT2D eigenvalue weighted by Gasteiger charge is -2.37. The highest BCUT2D eigenvalue weighted by atomic mass is 32.1. The second kappa shape index (κ2) is 24.4. The summed E-state index contributed by atoms with van der Waals surface area (Å²) in [6, 6.07) is 21.9. The minimum Gasteiger partial charge on any atom is -0.491 e. The monoisotopic (exact) mass is 1040 g/mol. The van der Waals surface area contributed by atoms with Crippen molar-refractivity contribution in [1.82, 2.24) is 4.98 Å². The van der Waals surface area contributed by atoms with Gasteiger partial charge in [-0.15, -0.1) is 11.3 Å². The van der Waals surface area contributed by atoms with Crippen LogP contribution in [0.1, 0.15) is 76.7 Å². The van der Waals surface area contributed by atoms with Gasteiger partial charge >= 0.3 is 24.3 Å². The maximum Gasteiger partial charge on any atom is 0.422 e. The first-order chi connectivity index (χ1) is 34.9. The molecule has 0 atom stereocenters. The average molecular weight is 1040 g/mol. The third-order valence-electron chi connectivity index (χ3n) is 13.4. The number of rotatable bonds is 22. The number of carbonyl (C=O) groups excluding carboxylic acids is 2. The Morgan fingerprint density at radius 2 is 1.16 bits per heavy atom. The smallest absolute Gasteiger partial charge is 0.422 e. The lowest BCUT2D eigenvalue weighted by Crippen LogP contribution is -2.27. The summed E-state index contributed by atoms with van der Waals surface area (Å²) in [6.45, 7) is 6.38. The van der Waals surface area contributed by atoms with Crippen molar-refractivity contribution in [3.63, 3.8) is 0 Å². The Morgan fingerprint density at radius 3 is 1.73 bits per heavy atom. The number of nitro benzene ring substituents is 1. The van der Waals surface area contributed by atoms with Crippen LogP contribution in [0.5, 0.6) is 23.0 Å². The summed E-state index contributed by atoms with van der Waals surface area (Å²) in [4.78, 5) is 39.5. The van der Waals surface area contributed by atoms with Crippen molar-refractivity contribution in [2.24, 2.45) is 23.7 Å². The molecule has 5 aromatic rings. The normalized spacial score (nSPS) is 18.1. The van der Waals surface area contributed by atoms with Gasteiger partial charge in [-0.1, -0.05) is 76.1 Å². The highest BCUT2D eigenvalue weighted by Crippen LogP contribution is 2.44. The molecular formula is C54H56F6N2O10S. The van der Waals surface area contributed by atoms with E-state index in [0.29, 0.717) is 51.2 Å². The zero-order valence-corrected chi connectivity index (χ0v) is 41.0. The van der Waals surface area contributed by atoms with E-state index < -0.39 is 66.8 Å². The van der Waals surface area contributed by atoms with E-state index in [9.17, 15) is 46.0 Å². The van der Waals surface area contributed by atoms with Crippen molar-refractivity contribution in [1.29, 1.82) is 0 Å². The molecule has 0 spiro atoms. The molecule has 0 amide bonds. The number of nitrogens with zero attached hydrogens (tertiary/aromatic N) is 2. The van der Waals surface area contributed by atoms with Gasteiger partial charge in [0.1, 0.15) is 70.9 Å². The van der Waals surface area contributed by atoms with Crippen LogP contribution < -0.4 is 18.9 Å². The second-order valence-corrected chi connectivity index (χ2v) is 19.3. The van der Waals surface area contributed by atoms with E-state index in [1.54, 1.807) is 18.2 Å². The number of aromatic nitrogens is 1. The molecule has 12 nitrogen and oxygen atoms in total. The number of nitro groups is 1. The van der Waals surface area contributed by atoms with Gasteiger partial charge in [0.15, 0.2) is 11.5 Å². The van der Waals surface area contributed by atoms with Gasteiger partial charge in [0.25, 0.3) is 5.69 Å². The Balaban J connectivity index is 1.02. The lowest BCUT2D eigenvalue weighted by molar-refractivity contribution is -0.384. The molecular weight excluding hydrogens is 983 g/mol. The summed E-state index contributed by atoms with van der Waals surface area (Å²) < 4.78 is 111. The first-order valence-corrected chi connectivity index (χ1v) is 25.0. The molecule has 0 bridgehead atoms. The molecule has 2 fully saturated rings. The number of hydrogen-bond acceptors (Lipinski definition) is 12. The number of alkyl halides is 6. The molecule has 2 saturated carbocycles. The summed E-state index contributed by atoms with van der Waals surface area (Å²) in [7, 11) is 0. The van der Waals surface area contributed by atoms with E-state index in [1.165, 1.54) is 87.0 Å². The fourth-order valence-electron chi connectivity index (χ4n) is 9.28. The Hall–Kier alpha value is -6.63. The molecule has 0 aliphatic heterocycles. The minimum atomic E-state index is -4.99. The zero-order chi connectivity index (χ0) is 52.3.